The van der Waals surface area contributed by atoms with Gasteiger partial charge in [0.25, 0.3) is 0 Å². The molecule has 0 aliphatic heterocycles. The molecule has 3 rings (SSSR count). The Labute approximate surface area is 234 Å². The van der Waals surface area contributed by atoms with Crippen molar-refractivity contribution < 1.29 is 24.7 Å². The maximum Gasteiger partial charge on any atom is 0.165 e. The van der Waals surface area contributed by atoms with Crippen LogP contribution in [0.15, 0.2) is 72.8 Å². The Kier molecular flexibility index (Phi) is 15.1. The molecule has 5 nitrogen and oxygen atoms in total. The third-order valence-corrected chi connectivity index (χ3v) is 6.89. The van der Waals surface area contributed by atoms with Gasteiger partial charge in [0.2, 0.25) is 0 Å². The molecule has 3 aromatic rings. The quantitative estimate of drug-likeness (QED) is 0.0871. The van der Waals surface area contributed by atoms with Gasteiger partial charge in [-0.1, -0.05) is 67.8 Å². The molecule has 3 aromatic carbocycles. The molecule has 2 N–H and O–H groups in total. The Morgan fingerprint density at radius 2 is 0.795 bits per heavy atom. The van der Waals surface area contributed by atoms with Crippen molar-refractivity contribution in [3.05, 3.63) is 95.1 Å². The zero-order valence-electron chi connectivity index (χ0n) is 23.4. The molecular weight excluding hydrogens is 488 g/mol. The molecule has 0 radical (unpaired) electrons. The molecule has 0 fully saturated rings. The van der Waals surface area contributed by atoms with E-state index in [1.54, 1.807) is 0 Å². The largest absolute Gasteiger partial charge is 0.494 e. The summed E-state index contributed by atoms with van der Waals surface area (Å²) in [5, 5.41) is 17.6. The van der Waals surface area contributed by atoms with E-state index in [9.17, 15) is 0 Å². The van der Waals surface area contributed by atoms with Crippen molar-refractivity contribution in [1.29, 1.82) is 0 Å². The minimum Gasteiger partial charge on any atom is -0.494 e. The van der Waals surface area contributed by atoms with Crippen molar-refractivity contribution in [2.75, 3.05) is 26.4 Å². The fourth-order valence-corrected chi connectivity index (χ4v) is 4.41. The average Bonchev–Trinajstić information content (AvgIpc) is 2.98. The maximum atomic E-state index is 8.82. The van der Waals surface area contributed by atoms with Gasteiger partial charge in [0.15, 0.2) is 5.75 Å². The molecule has 0 atom stereocenters. The molecule has 0 aliphatic carbocycles. The van der Waals surface area contributed by atoms with Crippen molar-refractivity contribution in [3.63, 3.8) is 0 Å². The molecule has 0 saturated heterocycles. The van der Waals surface area contributed by atoms with Crippen LogP contribution in [0.3, 0.4) is 0 Å². The minimum atomic E-state index is 0.261. The van der Waals surface area contributed by atoms with E-state index in [0.717, 1.165) is 95.2 Å². The van der Waals surface area contributed by atoms with Crippen molar-refractivity contribution in [2.24, 2.45) is 0 Å². The smallest absolute Gasteiger partial charge is 0.165 e. The third kappa shape index (κ3) is 13.2. The van der Waals surface area contributed by atoms with Crippen molar-refractivity contribution in [1.82, 2.24) is 0 Å². The fraction of sp³-hybridized carbons (Fsp3) is 0.471. The minimum absolute atomic E-state index is 0.261. The summed E-state index contributed by atoms with van der Waals surface area (Å²) in [6.45, 7) is 1.85. The molecule has 0 spiro atoms. The maximum absolute atomic E-state index is 8.82. The molecule has 0 unspecified atom stereocenters. The molecule has 0 saturated carbocycles. The summed E-state index contributed by atoms with van der Waals surface area (Å²) in [6, 6.07) is 25.6. The van der Waals surface area contributed by atoms with Crippen LogP contribution in [0.2, 0.25) is 0 Å². The van der Waals surface area contributed by atoms with Gasteiger partial charge in [0.05, 0.1) is 13.2 Å². The van der Waals surface area contributed by atoms with Gasteiger partial charge in [-0.15, -0.1) is 0 Å². The van der Waals surface area contributed by atoms with Crippen LogP contribution < -0.4 is 9.62 Å². The summed E-state index contributed by atoms with van der Waals surface area (Å²) < 4.78 is 5.83. The Morgan fingerprint density at radius 3 is 1.26 bits per heavy atom. The standard InChI is InChI=1S/C34H46O5/c35-25-5-1-3-7-27-37-33-21-17-31(18-22-33)15-13-29-9-11-30(12-10-29)14-16-32-19-23-34(24-20-32)39-38-28-8-4-2-6-26-36/h9-12,17-24,35-36H,1-8,13-16,25-28H2. The van der Waals surface area contributed by atoms with Gasteiger partial charge in [-0.05, 0) is 104 Å². The number of unbranched alkanes of at least 4 members (excludes halogenated alkanes) is 6. The molecule has 212 valence electrons. The Bertz CT molecular complexity index is 999. The highest BCUT2D eigenvalue weighted by molar-refractivity contribution is 5.30. The normalized spacial score (nSPS) is 11.0. The molecule has 0 bridgehead atoms. The van der Waals surface area contributed by atoms with Crippen LogP contribution in [0, 0.1) is 0 Å². The van der Waals surface area contributed by atoms with E-state index in [2.05, 4.69) is 60.7 Å². The van der Waals surface area contributed by atoms with Gasteiger partial charge in [0.1, 0.15) is 5.75 Å². The van der Waals surface area contributed by atoms with E-state index in [1.807, 2.05) is 12.1 Å². The number of hydrogen-bond donors (Lipinski definition) is 2. The van der Waals surface area contributed by atoms with E-state index in [-0.39, 0.29) is 13.2 Å². The zero-order valence-corrected chi connectivity index (χ0v) is 23.4. The summed E-state index contributed by atoms with van der Waals surface area (Å²) in [5.74, 6) is 1.66. The SMILES string of the molecule is OCCCCCCOOc1ccc(CCc2ccc(CCc3ccc(OCCCCCCO)cc3)cc2)cc1. The molecule has 0 amide bonds. The Balaban J connectivity index is 1.30. The van der Waals surface area contributed by atoms with Crippen LogP contribution in [0.4, 0.5) is 0 Å². The molecule has 0 heterocycles. The monoisotopic (exact) mass is 534 g/mol. The molecule has 39 heavy (non-hydrogen) atoms. The fourth-order valence-electron chi connectivity index (χ4n) is 4.41. The van der Waals surface area contributed by atoms with Crippen molar-refractivity contribution in [2.45, 2.75) is 77.0 Å². The van der Waals surface area contributed by atoms with E-state index in [0.29, 0.717) is 6.61 Å². The number of aliphatic hydroxyl groups is 2. The van der Waals surface area contributed by atoms with Crippen LogP contribution in [-0.2, 0) is 30.6 Å². The second-order valence-corrected chi connectivity index (χ2v) is 10.1. The van der Waals surface area contributed by atoms with Crippen LogP contribution in [0.25, 0.3) is 0 Å². The van der Waals surface area contributed by atoms with E-state index in [4.69, 9.17) is 24.7 Å². The zero-order chi connectivity index (χ0) is 27.4. The Hall–Kier alpha value is -2.86. The average molecular weight is 535 g/mol. The van der Waals surface area contributed by atoms with Crippen LogP contribution >= 0.6 is 0 Å². The van der Waals surface area contributed by atoms with Crippen LogP contribution in [0.1, 0.15) is 73.6 Å². The lowest BCUT2D eigenvalue weighted by molar-refractivity contribution is -0.207. The highest BCUT2D eigenvalue weighted by atomic mass is 17.2. The first-order chi connectivity index (χ1) is 19.3. The number of benzene rings is 3. The lowest BCUT2D eigenvalue weighted by Gasteiger charge is -2.08. The predicted octanol–water partition coefficient (Wildman–Crippen LogP) is 7.05. The first-order valence-corrected chi connectivity index (χ1v) is 14.7. The van der Waals surface area contributed by atoms with Crippen molar-refractivity contribution in [3.8, 4) is 11.5 Å². The molecule has 0 aliphatic rings. The van der Waals surface area contributed by atoms with Gasteiger partial charge >= 0.3 is 0 Å². The lowest BCUT2D eigenvalue weighted by Crippen LogP contribution is -2.00. The van der Waals surface area contributed by atoms with E-state index in [1.165, 1.54) is 22.3 Å². The second-order valence-electron chi connectivity index (χ2n) is 10.1. The number of hydrogen-bond acceptors (Lipinski definition) is 5. The number of rotatable bonds is 21. The van der Waals surface area contributed by atoms with Gasteiger partial charge in [-0.25, -0.2) is 0 Å². The van der Waals surface area contributed by atoms with Crippen molar-refractivity contribution >= 4 is 0 Å². The number of aryl methyl sites for hydroxylation is 4. The topological polar surface area (TPSA) is 68.2 Å². The Morgan fingerprint density at radius 1 is 0.410 bits per heavy atom. The third-order valence-electron chi connectivity index (χ3n) is 6.89. The van der Waals surface area contributed by atoms with Gasteiger partial charge in [0, 0.05) is 13.2 Å². The van der Waals surface area contributed by atoms with Crippen LogP contribution in [0.5, 0.6) is 11.5 Å². The van der Waals surface area contributed by atoms with Gasteiger partial charge in [-0.3, -0.25) is 0 Å². The summed E-state index contributed by atoms with van der Waals surface area (Å²) in [7, 11) is 0. The highest BCUT2D eigenvalue weighted by Gasteiger charge is 2.02. The summed E-state index contributed by atoms with van der Waals surface area (Å²) in [5.41, 5.74) is 5.31. The first-order valence-electron chi connectivity index (χ1n) is 14.7. The van der Waals surface area contributed by atoms with Gasteiger partial charge < -0.3 is 19.8 Å². The molecular formula is C34H46O5. The molecule has 5 heteroatoms. The van der Waals surface area contributed by atoms with E-state index >= 15 is 0 Å². The van der Waals surface area contributed by atoms with Crippen LogP contribution in [-0.4, -0.2) is 36.6 Å². The first kappa shape index (κ1) is 30.7. The number of ether oxygens (including phenoxy) is 1. The lowest BCUT2D eigenvalue weighted by atomic mass is 10.0. The second kappa shape index (κ2) is 19.2. The predicted molar refractivity (Wildman–Crippen MR) is 157 cm³/mol. The van der Waals surface area contributed by atoms with Gasteiger partial charge in [-0.2, -0.15) is 4.89 Å². The number of aliphatic hydroxyl groups excluding tert-OH is 2. The van der Waals surface area contributed by atoms with E-state index < -0.39 is 0 Å². The molecule has 0 aromatic heterocycles. The summed E-state index contributed by atoms with van der Waals surface area (Å²) in [4.78, 5) is 10.7. The summed E-state index contributed by atoms with van der Waals surface area (Å²) >= 11 is 0. The highest BCUT2D eigenvalue weighted by Crippen LogP contribution is 2.17. The summed E-state index contributed by atoms with van der Waals surface area (Å²) in [6.07, 6.45) is 12.0.